The van der Waals surface area contributed by atoms with Crippen molar-refractivity contribution in [2.24, 2.45) is 16.6 Å². The lowest BCUT2D eigenvalue weighted by atomic mass is 10.0. The first-order valence-electron chi connectivity index (χ1n) is 10.6. The number of carbonyl (C=O) groups is 1. The molecular formula is C25H28N6O3. The Bertz CT molecular complexity index is 1130. The SMILES string of the molecule is COCCNc1ccc(C(=N)ON)cc1.NC1N=C(c2ccccc2)c2ccccc2NC1=O. The zero-order valence-electron chi connectivity index (χ0n) is 18.8. The van der Waals surface area contributed by atoms with E-state index in [1.165, 1.54) is 0 Å². The Kier molecular flexibility index (Phi) is 8.87. The molecule has 0 spiro atoms. The second kappa shape index (κ2) is 12.3. The predicted octanol–water partition coefficient (Wildman–Crippen LogP) is 2.72. The molecule has 9 heteroatoms. The molecule has 9 nitrogen and oxygen atoms in total. The quantitative estimate of drug-likeness (QED) is 0.165. The molecule has 3 aromatic carbocycles. The number of amides is 1. The van der Waals surface area contributed by atoms with Crippen molar-refractivity contribution >= 4 is 28.9 Å². The first-order valence-corrected chi connectivity index (χ1v) is 10.6. The van der Waals surface area contributed by atoms with Gasteiger partial charge in [0.05, 0.1) is 18.0 Å². The summed E-state index contributed by atoms with van der Waals surface area (Å²) in [5.74, 6) is 4.55. The first-order chi connectivity index (χ1) is 16.5. The Hall–Kier alpha value is -4.05. The number of rotatable bonds is 6. The number of nitrogens with zero attached hydrogens (tertiary/aromatic N) is 1. The van der Waals surface area contributed by atoms with Crippen LogP contribution >= 0.6 is 0 Å². The van der Waals surface area contributed by atoms with Crippen LogP contribution in [0.15, 0.2) is 83.9 Å². The number of hydrogen-bond donors (Lipinski definition) is 5. The normalized spacial score (nSPS) is 14.4. The van der Waals surface area contributed by atoms with Crippen LogP contribution in [0.1, 0.15) is 16.7 Å². The minimum atomic E-state index is -0.886. The molecule has 4 rings (SSSR count). The van der Waals surface area contributed by atoms with E-state index in [0.717, 1.165) is 34.8 Å². The monoisotopic (exact) mass is 460 g/mol. The molecule has 7 N–H and O–H groups in total. The zero-order chi connectivity index (χ0) is 24.3. The number of benzodiazepines with no additional fused rings is 1. The number of nitrogens with two attached hydrogens (primary N) is 2. The second-order valence-electron chi connectivity index (χ2n) is 7.27. The minimum Gasteiger partial charge on any atom is -0.391 e. The van der Waals surface area contributed by atoms with Crippen molar-refractivity contribution in [3.8, 4) is 0 Å². The lowest BCUT2D eigenvalue weighted by molar-refractivity contribution is -0.117. The van der Waals surface area contributed by atoms with Crippen molar-refractivity contribution in [2.75, 3.05) is 30.9 Å². The van der Waals surface area contributed by atoms with Crippen molar-refractivity contribution < 1.29 is 14.4 Å². The molecule has 1 heterocycles. The van der Waals surface area contributed by atoms with E-state index in [0.29, 0.717) is 12.2 Å². The molecule has 0 bridgehead atoms. The molecule has 0 fully saturated rings. The van der Waals surface area contributed by atoms with Gasteiger partial charge < -0.3 is 25.9 Å². The van der Waals surface area contributed by atoms with Gasteiger partial charge in [0.2, 0.25) is 5.90 Å². The Morgan fingerprint density at radius 2 is 1.74 bits per heavy atom. The Balaban J connectivity index is 0.000000197. The molecule has 0 radical (unpaired) electrons. The smallest absolute Gasteiger partial charge is 0.263 e. The maximum absolute atomic E-state index is 11.8. The van der Waals surface area contributed by atoms with Gasteiger partial charge in [-0.1, -0.05) is 48.5 Å². The number of fused-ring (bicyclic) bond motifs is 1. The number of methoxy groups -OCH3 is 1. The van der Waals surface area contributed by atoms with Crippen LogP contribution in [0.3, 0.4) is 0 Å². The van der Waals surface area contributed by atoms with Gasteiger partial charge in [-0.2, -0.15) is 5.90 Å². The summed E-state index contributed by atoms with van der Waals surface area (Å²) in [6.07, 6.45) is -0.886. The van der Waals surface area contributed by atoms with E-state index in [-0.39, 0.29) is 11.8 Å². The fourth-order valence-corrected chi connectivity index (χ4v) is 3.20. The summed E-state index contributed by atoms with van der Waals surface area (Å²) in [4.78, 5) is 20.5. The molecule has 1 atom stereocenters. The fourth-order valence-electron chi connectivity index (χ4n) is 3.20. The van der Waals surface area contributed by atoms with Crippen molar-refractivity contribution in [1.29, 1.82) is 5.41 Å². The molecule has 0 aliphatic carbocycles. The van der Waals surface area contributed by atoms with Gasteiger partial charge in [-0.15, -0.1) is 0 Å². The lowest BCUT2D eigenvalue weighted by Crippen LogP contribution is -2.33. The number of hydrogen-bond acceptors (Lipinski definition) is 8. The summed E-state index contributed by atoms with van der Waals surface area (Å²) in [6, 6.07) is 24.6. The highest BCUT2D eigenvalue weighted by molar-refractivity contribution is 6.19. The molecule has 1 aliphatic heterocycles. The topological polar surface area (TPSA) is 148 Å². The number of anilines is 2. The van der Waals surface area contributed by atoms with Gasteiger partial charge in [-0.25, -0.2) is 0 Å². The largest absolute Gasteiger partial charge is 0.391 e. The molecule has 1 unspecified atom stereocenters. The van der Waals surface area contributed by atoms with Gasteiger partial charge in [0, 0.05) is 36.0 Å². The second-order valence-corrected chi connectivity index (χ2v) is 7.27. The lowest BCUT2D eigenvalue weighted by Gasteiger charge is -2.09. The van der Waals surface area contributed by atoms with Crippen molar-refractivity contribution in [1.82, 2.24) is 0 Å². The number of benzene rings is 3. The molecular weight excluding hydrogens is 432 g/mol. The summed E-state index contributed by atoms with van der Waals surface area (Å²) in [5, 5.41) is 13.3. The van der Waals surface area contributed by atoms with Crippen LogP contribution in [-0.2, 0) is 14.4 Å². The summed E-state index contributed by atoms with van der Waals surface area (Å²) in [7, 11) is 1.66. The predicted molar refractivity (Wildman–Crippen MR) is 134 cm³/mol. The molecule has 34 heavy (non-hydrogen) atoms. The summed E-state index contributed by atoms with van der Waals surface area (Å²) < 4.78 is 4.91. The van der Waals surface area contributed by atoms with Gasteiger partial charge >= 0.3 is 0 Å². The molecule has 176 valence electrons. The van der Waals surface area contributed by atoms with Crippen molar-refractivity contribution in [3.05, 3.63) is 95.6 Å². The first kappa shape index (κ1) is 24.6. The molecule has 1 amide bonds. The molecule has 1 aliphatic rings. The Labute approximate surface area is 198 Å². The number of aliphatic imine (C=N–C) groups is 1. The van der Waals surface area contributed by atoms with Crippen LogP contribution in [0, 0.1) is 5.41 Å². The summed E-state index contributed by atoms with van der Waals surface area (Å²) in [6.45, 7) is 1.41. The van der Waals surface area contributed by atoms with Gasteiger partial charge in [-0.05, 0) is 30.3 Å². The fraction of sp³-hybridized carbons (Fsp3) is 0.160. The van der Waals surface area contributed by atoms with Gasteiger partial charge in [0.25, 0.3) is 5.91 Å². The number of carbonyl (C=O) groups excluding carboxylic acids is 1. The third kappa shape index (κ3) is 6.48. The van der Waals surface area contributed by atoms with Crippen LogP contribution in [0.5, 0.6) is 0 Å². The number of ether oxygens (including phenoxy) is 1. The van der Waals surface area contributed by atoms with E-state index in [9.17, 15) is 4.79 Å². The van der Waals surface area contributed by atoms with Crippen LogP contribution in [0.4, 0.5) is 11.4 Å². The maximum Gasteiger partial charge on any atom is 0.263 e. The van der Waals surface area contributed by atoms with E-state index in [2.05, 4.69) is 20.5 Å². The summed E-state index contributed by atoms with van der Waals surface area (Å²) in [5.41, 5.74) is 10.7. The number of para-hydroxylation sites is 1. The minimum absolute atomic E-state index is 0.0431. The van der Waals surface area contributed by atoms with E-state index in [1.807, 2.05) is 66.7 Å². The van der Waals surface area contributed by atoms with Crippen molar-refractivity contribution in [2.45, 2.75) is 6.17 Å². The maximum atomic E-state index is 11.8. The Morgan fingerprint density at radius 1 is 1.06 bits per heavy atom. The molecule has 0 saturated carbocycles. The van der Waals surface area contributed by atoms with Crippen LogP contribution < -0.4 is 22.3 Å². The third-order valence-corrected chi connectivity index (χ3v) is 4.92. The average molecular weight is 461 g/mol. The van der Waals surface area contributed by atoms with E-state index >= 15 is 0 Å². The van der Waals surface area contributed by atoms with Crippen molar-refractivity contribution in [3.63, 3.8) is 0 Å². The van der Waals surface area contributed by atoms with Gasteiger partial charge in [0.1, 0.15) is 0 Å². The van der Waals surface area contributed by atoms with E-state index in [1.54, 1.807) is 19.2 Å². The molecule has 0 saturated heterocycles. The van der Waals surface area contributed by atoms with Crippen LogP contribution in [0.2, 0.25) is 0 Å². The highest BCUT2D eigenvalue weighted by atomic mass is 16.6. The zero-order valence-corrected chi connectivity index (χ0v) is 18.8. The Morgan fingerprint density at radius 3 is 2.41 bits per heavy atom. The van der Waals surface area contributed by atoms with Crippen LogP contribution in [0.25, 0.3) is 0 Å². The van der Waals surface area contributed by atoms with E-state index < -0.39 is 6.17 Å². The van der Waals surface area contributed by atoms with E-state index in [4.69, 9.17) is 21.8 Å². The van der Waals surface area contributed by atoms with Crippen LogP contribution in [-0.4, -0.2) is 43.9 Å². The third-order valence-electron chi connectivity index (χ3n) is 4.92. The standard InChI is InChI=1S/C15H13N3O.C10H15N3O2/c16-14-15(19)17-12-9-5-4-8-11(12)13(18-14)10-6-2-1-3-7-10;1-14-7-6-13-9-4-2-8(3-5-9)10(11)15-12/h1-9,14H,16H2,(H,17,19);2-5,11,13H,6-7,12H2,1H3. The van der Waals surface area contributed by atoms with Gasteiger partial charge in [0.15, 0.2) is 6.17 Å². The highest BCUT2D eigenvalue weighted by Gasteiger charge is 2.22. The van der Waals surface area contributed by atoms with Gasteiger partial charge in [-0.3, -0.25) is 15.2 Å². The summed E-state index contributed by atoms with van der Waals surface area (Å²) >= 11 is 0. The highest BCUT2D eigenvalue weighted by Crippen LogP contribution is 2.23. The average Bonchev–Trinajstić information content (AvgIpc) is 3.01. The molecule has 0 aromatic heterocycles. The molecule has 3 aromatic rings. The number of nitrogens with one attached hydrogen (secondary N) is 3.